The minimum Gasteiger partial charge on any atom is -0.493 e. The monoisotopic (exact) mass is 387 g/mol. The summed E-state index contributed by atoms with van der Waals surface area (Å²) in [6.45, 7) is 0. The molecule has 3 rings (SSSR count). The van der Waals surface area contributed by atoms with Crippen LogP contribution < -0.4 is 14.8 Å². The highest BCUT2D eigenvalue weighted by Crippen LogP contribution is 2.29. The normalized spacial score (nSPS) is 10.9. The van der Waals surface area contributed by atoms with Crippen LogP contribution in [0.25, 0.3) is 6.08 Å². The van der Waals surface area contributed by atoms with Crippen LogP contribution in [0.5, 0.6) is 11.5 Å². The molecule has 3 aromatic rings. The number of rotatable bonds is 7. The van der Waals surface area contributed by atoms with Crippen LogP contribution >= 0.6 is 0 Å². The highest BCUT2D eigenvalue weighted by atomic mass is 16.5. The topological polar surface area (TPSA) is 64.6 Å². The van der Waals surface area contributed by atoms with E-state index in [4.69, 9.17) is 9.47 Å². The molecule has 5 nitrogen and oxygen atoms in total. The zero-order valence-electron chi connectivity index (χ0n) is 16.2. The van der Waals surface area contributed by atoms with Crippen LogP contribution in [-0.4, -0.2) is 25.9 Å². The van der Waals surface area contributed by atoms with Gasteiger partial charge < -0.3 is 14.8 Å². The van der Waals surface area contributed by atoms with E-state index in [-0.39, 0.29) is 11.4 Å². The number of amides is 1. The molecule has 5 heteroatoms. The van der Waals surface area contributed by atoms with Gasteiger partial charge in [0.1, 0.15) is 0 Å². The van der Waals surface area contributed by atoms with Crippen molar-refractivity contribution in [2.24, 2.45) is 0 Å². The molecular formula is C24H21NO4. The number of Topliss-reactive ketones (excluding diaryl/α,β-unsaturated/α-hetero) is 1. The zero-order valence-corrected chi connectivity index (χ0v) is 16.2. The Hall–Kier alpha value is -3.86. The molecule has 1 N–H and O–H groups in total. The Morgan fingerprint density at radius 2 is 1.41 bits per heavy atom. The van der Waals surface area contributed by atoms with Crippen LogP contribution in [0.3, 0.4) is 0 Å². The molecule has 29 heavy (non-hydrogen) atoms. The molecule has 0 fully saturated rings. The number of hydrogen-bond donors (Lipinski definition) is 1. The first-order chi connectivity index (χ1) is 14.1. The van der Waals surface area contributed by atoms with Crippen LogP contribution in [-0.2, 0) is 4.79 Å². The summed E-state index contributed by atoms with van der Waals surface area (Å²) in [5.74, 6) is 0.221. The zero-order chi connectivity index (χ0) is 20.6. The van der Waals surface area contributed by atoms with Crippen LogP contribution in [0.1, 0.15) is 15.9 Å². The van der Waals surface area contributed by atoms with Crippen LogP contribution in [0.2, 0.25) is 0 Å². The van der Waals surface area contributed by atoms with Gasteiger partial charge in [-0.25, -0.2) is 0 Å². The molecule has 0 aliphatic rings. The van der Waals surface area contributed by atoms with E-state index in [0.29, 0.717) is 28.3 Å². The summed E-state index contributed by atoms with van der Waals surface area (Å²) in [6.07, 6.45) is 1.55. The number of nitrogens with one attached hydrogen (secondary N) is 1. The molecule has 0 aliphatic carbocycles. The van der Waals surface area contributed by atoms with Crippen molar-refractivity contribution in [3.8, 4) is 11.5 Å². The van der Waals surface area contributed by atoms with Gasteiger partial charge in [-0.15, -0.1) is 0 Å². The van der Waals surface area contributed by atoms with E-state index in [1.54, 1.807) is 67.8 Å². The minimum absolute atomic E-state index is 0.0206. The average Bonchev–Trinajstić information content (AvgIpc) is 2.78. The van der Waals surface area contributed by atoms with Crippen molar-refractivity contribution in [1.29, 1.82) is 0 Å². The highest BCUT2D eigenvalue weighted by Gasteiger charge is 2.20. The first-order valence-electron chi connectivity index (χ1n) is 9.02. The Kier molecular flexibility index (Phi) is 6.43. The van der Waals surface area contributed by atoms with Gasteiger partial charge in [-0.05, 0) is 35.9 Å². The summed E-state index contributed by atoms with van der Waals surface area (Å²) < 4.78 is 10.6. The van der Waals surface area contributed by atoms with E-state index in [2.05, 4.69) is 5.32 Å². The lowest BCUT2D eigenvalue weighted by Crippen LogP contribution is -2.20. The van der Waals surface area contributed by atoms with Crippen molar-refractivity contribution in [3.63, 3.8) is 0 Å². The number of carbonyl (C=O) groups is 2. The standard InChI is InChI=1S/C24H21NO4/c1-28-21-14-13-17(16-22(21)29-2)15-20(23(26)18-9-5-3-6-10-18)24(27)25-19-11-7-4-8-12-19/h3-16H,1-2H3,(H,25,27)/b20-15+. The Labute approximate surface area is 169 Å². The van der Waals surface area contributed by atoms with Crippen molar-refractivity contribution in [1.82, 2.24) is 0 Å². The largest absolute Gasteiger partial charge is 0.493 e. The number of carbonyl (C=O) groups excluding carboxylic acids is 2. The fourth-order valence-electron chi connectivity index (χ4n) is 2.81. The Bertz CT molecular complexity index is 1030. The lowest BCUT2D eigenvalue weighted by Gasteiger charge is -2.11. The first-order valence-corrected chi connectivity index (χ1v) is 9.02. The second-order valence-electron chi connectivity index (χ2n) is 6.19. The number of ketones is 1. The van der Waals surface area contributed by atoms with Crippen molar-refractivity contribution < 1.29 is 19.1 Å². The van der Waals surface area contributed by atoms with Crippen LogP contribution in [0.15, 0.2) is 84.4 Å². The number of ether oxygens (including phenoxy) is 2. The van der Waals surface area contributed by atoms with Crippen LogP contribution in [0, 0.1) is 0 Å². The maximum atomic E-state index is 13.1. The number of methoxy groups -OCH3 is 2. The van der Waals surface area contributed by atoms with Gasteiger partial charge in [0.15, 0.2) is 17.3 Å². The molecule has 0 radical (unpaired) electrons. The maximum Gasteiger partial charge on any atom is 0.259 e. The van der Waals surface area contributed by atoms with Crippen molar-refractivity contribution in [2.45, 2.75) is 0 Å². The molecule has 1 amide bonds. The minimum atomic E-state index is -0.486. The number of hydrogen-bond acceptors (Lipinski definition) is 4. The second kappa shape index (κ2) is 9.37. The maximum absolute atomic E-state index is 13.1. The van der Waals surface area contributed by atoms with E-state index < -0.39 is 5.91 Å². The third-order valence-corrected chi connectivity index (χ3v) is 4.28. The molecule has 0 aromatic heterocycles. The number of para-hydroxylation sites is 1. The summed E-state index contributed by atoms with van der Waals surface area (Å²) in [7, 11) is 3.08. The van der Waals surface area contributed by atoms with Crippen LogP contribution in [0.4, 0.5) is 5.69 Å². The summed E-state index contributed by atoms with van der Waals surface area (Å²) in [6, 6.07) is 22.9. The molecule has 0 heterocycles. The van der Waals surface area contributed by atoms with Gasteiger partial charge in [0.25, 0.3) is 5.91 Å². The first kappa shape index (κ1) is 19.9. The average molecular weight is 387 g/mol. The molecule has 0 bridgehead atoms. The summed E-state index contributed by atoms with van der Waals surface area (Å²) in [4.78, 5) is 26.0. The molecule has 0 saturated carbocycles. The number of benzene rings is 3. The van der Waals surface area contributed by atoms with E-state index in [1.807, 2.05) is 24.3 Å². The van der Waals surface area contributed by atoms with Gasteiger partial charge in [-0.3, -0.25) is 9.59 Å². The fourth-order valence-corrected chi connectivity index (χ4v) is 2.81. The van der Waals surface area contributed by atoms with Gasteiger partial charge in [-0.2, -0.15) is 0 Å². The van der Waals surface area contributed by atoms with E-state index >= 15 is 0 Å². The summed E-state index contributed by atoms with van der Waals surface area (Å²) >= 11 is 0. The van der Waals surface area contributed by atoms with Gasteiger partial charge in [-0.1, -0.05) is 54.6 Å². The van der Waals surface area contributed by atoms with Crippen molar-refractivity contribution in [3.05, 3.63) is 95.6 Å². The smallest absolute Gasteiger partial charge is 0.259 e. The third kappa shape index (κ3) is 4.90. The Balaban J connectivity index is 2.01. The Morgan fingerprint density at radius 3 is 2.03 bits per heavy atom. The van der Waals surface area contributed by atoms with Crippen molar-refractivity contribution >= 4 is 23.5 Å². The van der Waals surface area contributed by atoms with E-state index in [1.165, 1.54) is 7.11 Å². The predicted molar refractivity (Wildman–Crippen MR) is 113 cm³/mol. The Morgan fingerprint density at radius 1 is 0.793 bits per heavy atom. The van der Waals surface area contributed by atoms with E-state index in [0.717, 1.165) is 0 Å². The molecule has 3 aromatic carbocycles. The molecule has 0 spiro atoms. The molecule has 0 unspecified atom stereocenters. The molecule has 0 aliphatic heterocycles. The molecule has 0 atom stereocenters. The quantitative estimate of drug-likeness (QED) is 0.278. The van der Waals surface area contributed by atoms with Crippen molar-refractivity contribution in [2.75, 3.05) is 19.5 Å². The fraction of sp³-hybridized carbons (Fsp3) is 0.0833. The number of anilines is 1. The second-order valence-corrected chi connectivity index (χ2v) is 6.19. The molecule has 146 valence electrons. The highest BCUT2D eigenvalue weighted by molar-refractivity contribution is 6.31. The third-order valence-electron chi connectivity index (χ3n) is 4.28. The van der Waals surface area contributed by atoms with Gasteiger partial charge in [0.2, 0.25) is 0 Å². The lowest BCUT2D eigenvalue weighted by molar-refractivity contribution is -0.112. The molecular weight excluding hydrogens is 366 g/mol. The van der Waals surface area contributed by atoms with Gasteiger partial charge >= 0.3 is 0 Å². The van der Waals surface area contributed by atoms with Gasteiger partial charge in [0.05, 0.1) is 19.8 Å². The summed E-state index contributed by atoms with van der Waals surface area (Å²) in [5.41, 5.74) is 1.71. The van der Waals surface area contributed by atoms with Gasteiger partial charge in [0, 0.05) is 11.3 Å². The lowest BCUT2D eigenvalue weighted by atomic mass is 10.00. The van der Waals surface area contributed by atoms with E-state index in [9.17, 15) is 9.59 Å². The summed E-state index contributed by atoms with van der Waals surface area (Å²) in [5, 5.41) is 2.78. The molecule has 0 saturated heterocycles. The SMILES string of the molecule is COc1ccc(/C=C(/C(=O)Nc2ccccc2)C(=O)c2ccccc2)cc1OC. The predicted octanol–water partition coefficient (Wildman–Crippen LogP) is 4.61.